The maximum absolute atomic E-state index is 10.3. The molecular weight excluding hydrogens is 256 g/mol. The van der Waals surface area contributed by atoms with E-state index in [1.54, 1.807) is 6.20 Å². The number of hydrogen-bond acceptors (Lipinski definition) is 3. The molecular formula is C11H15BrN2O. The molecule has 1 aliphatic rings. The highest BCUT2D eigenvalue weighted by molar-refractivity contribution is 9.10. The second-order valence-corrected chi connectivity index (χ2v) is 5.14. The third kappa shape index (κ3) is 2.56. The van der Waals surface area contributed by atoms with Crippen molar-refractivity contribution >= 4 is 15.9 Å². The van der Waals surface area contributed by atoms with Crippen LogP contribution in [0.5, 0.6) is 0 Å². The fraction of sp³-hybridized carbons (Fsp3) is 0.545. The van der Waals surface area contributed by atoms with E-state index in [0.717, 1.165) is 23.0 Å². The lowest BCUT2D eigenvalue weighted by atomic mass is 9.92. The van der Waals surface area contributed by atoms with Crippen LogP contribution in [-0.2, 0) is 6.42 Å². The molecule has 82 valence electrons. The first-order valence-electron chi connectivity index (χ1n) is 5.17. The third-order valence-electron chi connectivity index (χ3n) is 2.97. The lowest BCUT2D eigenvalue weighted by Crippen LogP contribution is -2.42. The number of aliphatic hydroxyl groups is 1. The van der Waals surface area contributed by atoms with Crippen LogP contribution >= 0.6 is 15.9 Å². The van der Waals surface area contributed by atoms with Gasteiger partial charge in [0.25, 0.3) is 0 Å². The second-order valence-electron chi connectivity index (χ2n) is 4.23. The van der Waals surface area contributed by atoms with Crippen molar-refractivity contribution in [3.63, 3.8) is 0 Å². The fourth-order valence-corrected chi connectivity index (χ4v) is 2.06. The molecule has 2 rings (SSSR count). The molecule has 0 radical (unpaired) electrons. The molecule has 3 N–H and O–H groups in total. The van der Waals surface area contributed by atoms with Gasteiger partial charge < -0.3 is 10.8 Å². The number of hydrogen-bond donors (Lipinski definition) is 2. The van der Waals surface area contributed by atoms with Crippen molar-refractivity contribution in [3.8, 4) is 0 Å². The number of rotatable bonds is 4. The van der Waals surface area contributed by atoms with Crippen molar-refractivity contribution in [2.75, 3.05) is 6.54 Å². The Morgan fingerprint density at radius 2 is 2.27 bits per heavy atom. The molecule has 0 amide bonds. The zero-order chi connectivity index (χ0) is 10.9. The Hall–Kier alpha value is -0.450. The average Bonchev–Trinajstić information content (AvgIpc) is 3.05. The standard InChI is InChI=1S/C11H15BrN2O/c12-9-3-4-10(14-6-9)5-11(15,7-13)8-1-2-8/h3-4,6,8,15H,1-2,5,7,13H2. The minimum Gasteiger partial charge on any atom is -0.388 e. The quantitative estimate of drug-likeness (QED) is 0.872. The first-order chi connectivity index (χ1) is 7.14. The first-order valence-corrected chi connectivity index (χ1v) is 5.96. The van der Waals surface area contributed by atoms with Gasteiger partial charge >= 0.3 is 0 Å². The molecule has 15 heavy (non-hydrogen) atoms. The predicted molar refractivity (Wildman–Crippen MR) is 62.4 cm³/mol. The summed E-state index contributed by atoms with van der Waals surface area (Å²) in [6, 6.07) is 3.86. The lowest BCUT2D eigenvalue weighted by molar-refractivity contribution is 0.0258. The Balaban J connectivity index is 2.09. The molecule has 1 atom stereocenters. The van der Waals surface area contributed by atoms with Crippen LogP contribution < -0.4 is 5.73 Å². The predicted octanol–water partition coefficient (Wildman–Crippen LogP) is 1.49. The smallest absolute Gasteiger partial charge is 0.0852 e. The van der Waals surface area contributed by atoms with Crippen LogP contribution in [0.2, 0.25) is 0 Å². The minimum absolute atomic E-state index is 0.315. The average molecular weight is 271 g/mol. The van der Waals surface area contributed by atoms with Gasteiger partial charge in [-0.05, 0) is 46.8 Å². The van der Waals surface area contributed by atoms with Crippen LogP contribution in [0.25, 0.3) is 0 Å². The van der Waals surface area contributed by atoms with Crippen LogP contribution in [0.3, 0.4) is 0 Å². The van der Waals surface area contributed by atoms with Crippen molar-refractivity contribution in [3.05, 3.63) is 28.5 Å². The molecule has 1 aliphatic carbocycles. The summed E-state index contributed by atoms with van der Waals surface area (Å²) in [7, 11) is 0. The van der Waals surface area contributed by atoms with E-state index < -0.39 is 5.60 Å². The van der Waals surface area contributed by atoms with Gasteiger partial charge in [-0.2, -0.15) is 0 Å². The van der Waals surface area contributed by atoms with Crippen LogP contribution in [0.15, 0.2) is 22.8 Å². The fourth-order valence-electron chi connectivity index (χ4n) is 1.83. The summed E-state index contributed by atoms with van der Waals surface area (Å²) in [6.07, 6.45) is 4.48. The molecule has 1 heterocycles. The van der Waals surface area contributed by atoms with Gasteiger partial charge in [0.1, 0.15) is 0 Å². The normalized spacial score (nSPS) is 19.9. The van der Waals surface area contributed by atoms with Crippen LogP contribution in [0, 0.1) is 5.92 Å². The van der Waals surface area contributed by atoms with Gasteiger partial charge in [-0.1, -0.05) is 0 Å². The number of nitrogens with zero attached hydrogens (tertiary/aromatic N) is 1. The Morgan fingerprint density at radius 1 is 1.53 bits per heavy atom. The summed E-state index contributed by atoms with van der Waals surface area (Å²) in [5.74, 6) is 0.368. The van der Waals surface area contributed by atoms with Gasteiger partial charge in [0, 0.05) is 29.3 Å². The lowest BCUT2D eigenvalue weighted by Gasteiger charge is -2.25. The molecule has 3 nitrogen and oxygen atoms in total. The molecule has 0 spiro atoms. The van der Waals surface area contributed by atoms with Gasteiger partial charge in [-0.3, -0.25) is 4.98 Å². The first kappa shape index (κ1) is 11.0. The Kier molecular flexibility index (Phi) is 3.09. The molecule has 0 aromatic carbocycles. The largest absolute Gasteiger partial charge is 0.388 e. The Bertz CT molecular complexity index is 337. The summed E-state index contributed by atoms with van der Waals surface area (Å²) in [5.41, 5.74) is 5.79. The number of halogens is 1. The van der Waals surface area contributed by atoms with Crippen molar-refractivity contribution in [2.45, 2.75) is 24.9 Å². The topological polar surface area (TPSA) is 59.1 Å². The summed E-state index contributed by atoms with van der Waals surface area (Å²) in [4.78, 5) is 4.26. The number of pyridine rings is 1. The van der Waals surface area contributed by atoms with E-state index in [1.165, 1.54) is 0 Å². The summed E-state index contributed by atoms with van der Waals surface area (Å²) >= 11 is 3.33. The van der Waals surface area contributed by atoms with Gasteiger partial charge in [0.15, 0.2) is 0 Å². The number of aromatic nitrogens is 1. The molecule has 0 saturated heterocycles. The highest BCUT2D eigenvalue weighted by atomic mass is 79.9. The monoisotopic (exact) mass is 270 g/mol. The van der Waals surface area contributed by atoms with Gasteiger partial charge in [0.2, 0.25) is 0 Å². The molecule has 1 aromatic heterocycles. The molecule has 0 aliphatic heterocycles. The second kappa shape index (κ2) is 4.20. The summed E-state index contributed by atoms with van der Waals surface area (Å²) in [5, 5.41) is 10.3. The van der Waals surface area contributed by atoms with Crippen molar-refractivity contribution < 1.29 is 5.11 Å². The zero-order valence-electron chi connectivity index (χ0n) is 8.49. The van der Waals surface area contributed by atoms with Crippen molar-refractivity contribution in [1.29, 1.82) is 0 Å². The molecule has 1 saturated carbocycles. The van der Waals surface area contributed by atoms with E-state index >= 15 is 0 Å². The molecule has 1 fully saturated rings. The maximum atomic E-state index is 10.3. The van der Waals surface area contributed by atoms with Gasteiger partial charge in [-0.25, -0.2) is 0 Å². The van der Waals surface area contributed by atoms with Gasteiger partial charge in [0.05, 0.1) is 5.60 Å². The van der Waals surface area contributed by atoms with E-state index in [0.29, 0.717) is 18.9 Å². The highest BCUT2D eigenvalue weighted by Crippen LogP contribution is 2.40. The maximum Gasteiger partial charge on any atom is 0.0852 e. The van der Waals surface area contributed by atoms with Crippen molar-refractivity contribution in [1.82, 2.24) is 4.98 Å². The van der Waals surface area contributed by atoms with E-state index in [2.05, 4.69) is 20.9 Å². The van der Waals surface area contributed by atoms with Crippen LogP contribution in [0.4, 0.5) is 0 Å². The Morgan fingerprint density at radius 3 is 2.73 bits per heavy atom. The third-order valence-corrected chi connectivity index (χ3v) is 3.44. The SMILES string of the molecule is NCC(O)(Cc1ccc(Br)cn1)C1CC1. The van der Waals surface area contributed by atoms with Crippen molar-refractivity contribution in [2.24, 2.45) is 11.7 Å². The van der Waals surface area contributed by atoms with E-state index in [9.17, 15) is 5.11 Å². The minimum atomic E-state index is -0.749. The van der Waals surface area contributed by atoms with Crippen LogP contribution in [-0.4, -0.2) is 22.2 Å². The molecule has 0 bridgehead atoms. The Labute approximate surface area is 97.8 Å². The molecule has 1 aromatic rings. The summed E-state index contributed by atoms with van der Waals surface area (Å²) in [6.45, 7) is 0.315. The highest BCUT2D eigenvalue weighted by Gasteiger charge is 2.42. The summed E-state index contributed by atoms with van der Waals surface area (Å²) < 4.78 is 0.953. The molecule has 4 heteroatoms. The van der Waals surface area contributed by atoms with Gasteiger partial charge in [-0.15, -0.1) is 0 Å². The number of nitrogens with two attached hydrogens (primary N) is 1. The molecule has 1 unspecified atom stereocenters. The van der Waals surface area contributed by atoms with Crippen LogP contribution in [0.1, 0.15) is 18.5 Å². The zero-order valence-corrected chi connectivity index (χ0v) is 10.1. The van der Waals surface area contributed by atoms with E-state index in [4.69, 9.17) is 5.73 Å². The van der Waals surface area contributed by atoms with E-state index in [1.807, 2.05) is 12.1 Å². The van der Waals surface area contributed by atoms with E-state index in [-0.39, 0.29) is 0 Å².